The van der Waals surface area contributed by atoms with Gasteiger partial charge in [-0.1, -0.05) is 19.8 Å². The first-order valence-corrected chi connectivity index (χ1v) is 6.24. The average molecular weight is 252 g/mol. The molecule has 0 aromatic heterocycles. The normalized spacial score (nSPS) is 15.6. The number of hydrogen-bond donors (Lipinski definition) is 0. The van der Waals surface area contributed by atoms with Crippen molar-refractivity contribution in [1.82, 2.24) is 0 Å². The van der Waals surface area contributed by atoms with Gasteiger partial charge in [-0.25, -0.2) is 0 Å². The summed E-state index contributed by atoms with van der Waals surface area (Å²) in [6.07, 6.45) is 6.59. The van der Waals surface area contributed by atoms with E-state index in [2.05, 4.69) is 22.1 Å². The van der Waals surface area contributed by atoms with Gasteiger partial charge >= 0.3 is 11.9 Å². The van der Waals surface area contributed by atoms with Crippen LogP contribution in [0.1, 0.15) is 39.0 Å². The van der Waals surface area contributed by atoms with E-state index < -0.39 is 17.4 Å². The molecule has 100 valence electrons. The zero-order valence-corrected chi connectivity index (χ0v) is 11.2. The predicted octanol–water partition coefficient (Wildman–Crippen LogP) is 2.38. The molecule has 0 bridgehead atoms. The molecule has 4 heteroatoms. The number of rotatable bonds is 6. The Morgan fingerprint density at radius 2 is 1.89 bits per heavy atom. The number of carbonyl (C=O) groups is 2. The standard InChI is InChI=1S/C14H20O4/c1-4-5-6-7-8-9-11-10-14(11,12(15)17-2)13(16)18-3/h8H,4-7,10H2,1-3H3. The first kappa shape index (κ1) is 14.5. The molecule has 0 aliphatic heterocycles. The summed E-state index contributed by atoms with van der Waals surface area (Å²) in [7, 11) is 2.54. The summed E-state index contributed by atoms with van der Waals surface area (Å²) < 4.78 is 9.32. The molecular formula is C14H20O4. The van der Waals surface area contributed by atoms with Crippen LogP contribution in [0.3, 0.4) is 0 Å². The van der Waals surface area contributed by atoms with Gasteiger partial charge in [0.2, 0.25) is 0 Å². The van der Waals surface area contributed by atoms with Crippen LogP contribution < -0.4 is 0 Å². The van der Waals surface area contributed by atoms with Gasteiger partial charge in [0.05, 0.1) is 14.2 Å². The highest BCUT2D eigenvalue weighted by molar-refractivity contribution is 6.08. The molecule has 0 unspecified atom stereocenters. The quantitative estimate of drug-likeness (QED) is 0.315. The van der Waals surface area contributed by atoms with Crippen LogP contribution in [0.25, 0.3) is 0 Å². The van der Waals surface area contributed by atoms with Crippen molar-refractivity contribution in [3.63, 3.8) is 0 Å². The monoisotopic (exact) mass is 252 g/mol. The number of unbranched alkanes of at least 4 members (excludes halogenated alkanes) is 3. The van der Waals surface area contributed by atoms with Crippen molar-refractivity contribution in [3.05, 3.63) is 17.4 Å². The van der Waals surface area contributed by atoms with Crippen molar-refractivity contribution in [3.8, 4) is 0 Å². The van der Waals surface area contributed by atoms with E-state index in [1.807, 2.05) is 6.08 Å². The highest BCUT2D eigenvalue weighted by Gasteiger charge is 2.64. The van der Waals surface area contributed by atoms with Gasteiger partial charge in [-0.2, -0.15) is 0 Å². The van der Waals surface area contributed by atoms with Crippen molar-refractivity contribution in [2.24, 2.45) is 5.41 Å². The van der Waals surface area contributed by atoms with Crippen molar-refractivity contribution < 1.29 is 19.1 Å². The maximum absolute atomic E-state index is 11.6. The van der Waals surface area contributed by atoms with Crippen LogP contribution in [0, 0.1) is 5.41 Å². The summed E-state index contributed by atoms with van der Waals surface area (Å²) in [6.45, 7) is 2.14. The molecule has 0 amide bonds. The van der Waals surface area contributed by atoms with E-state index in [9.17, 15) is 9.59 Å². The largest absolute Gasteiger partial charge is 0.468 e. The molecule has 0 radical (unpaired) electrons. The number of esters is 2. The Bertz CT molecular complexity index is 373. The topological polar surface area (TPSA) is 52.6 Å². The summed E-state index contributed by atoms with van der Waals surface area (Å²) >= 11 is 0. The molecule has 1 fully saturated rings. The van der Waals surface area contributed by atoms with Crippen molar-refractivity contribution in [2.45, 2.75) is 39.0 Å². The van der Waals surface area contributed by atoms with Gasteiger partial charge in [0.15, 0.2) is 5.41 Å². The first-order chi connectivity index (χ1) is 8.63. The third-order valence-electron chi connectivity index (χ3n) is 3.13. The molecule has 1 aliphatic carbocycles. The second-order valence-corrected chi connectivity index (χ2v) is 4.39. The molecule has 0 spiro atoms. The maximum atomic E-state index is 11.6. The maximum Gasteiger partial charge on any atom is 0.328 e. The van der Waals surface area contributed by atoms with Gasteiger partial charge in [0, 0.05) is 12.0 Å². The summed E-state index contributed by atoms with van der Waals surface area (Å²) in [5, 5.41) is 0. The Hall–Kier alpha value is -1.54. The Labute approximate surface area is 108 Å². The fraction of sp³-hybridized carbons (Fsp3) is 0.643. The van der Waals surface area contributed by atoms with Crippen LogP contribution in [-0.4, -0.2) is 26.2 Å². The highest BCUT2D eigenvalue weighted by atomic mass is 16.5. The molecule has 0 aromatic carbocycles. The van der Waals surface area contributed by atoms with Crippen LogP contribution in [0.2, 0.25) is 0 Å². The second-order valence-electron chi connectivity index (χ2n) is 4.39. The molecule has 0 saturated heterocycles. The smallest absolute Gasteiger partial charge is 0.328 e. The first-order valence-electron chi connectivity index (χ1n) is 6.24. The van der Waals surface area contributed by atoms with Crippen LogP contribution >= 0.6 is 0 Å². The van der Waals surface area contributed by atoms with Crippen molar-refractivity contribution in [1.29, 1.82) is 0 Å². The number of ether oxygens (including phenoxy) is 2. The van der Waals surface area contributed by atoms with E-state index in [-0.39, 0.29) is 0 Å². The Morgan fingerprint density at radius 1 is 1.28 bits per heavy atom. The minimum Gasteiger partial charge on any atom is -0.468 e. The summed E-state index contributed by atoms with van der Waals surface area (Å²) in [5.74, 6) is -1.11. The lowest BCUT2D eigenvalue weighted by atomic mass is 10.1. The lowest BCUT2D eigenvalue weighted by molar-refractivity contribution is -0.160. The fourth-order valence-electron chi connectivity index (χ4n) is 1.91. The number of hydrogen-bond acceptors (Lipinski definition) is 4. The second kappa shape index (κ2) is 6.41. The minimum atomic E-state index is -1.22. The Morgan fingerprint density at radius 3 is 2.39 bits per heavy atom. The minimum absolute atomic E-state index is 0.358. The van der Waals surface area contributed by atoms with Gasteiger partial charge in [0.1, 0.15) is 0 Å². The summed E-state index contributed by atoms with van der Waals surface area (Å²) in [4.78, 5) is 23.3. The molecule has 1 aliphatic rings. The van der Waals surface area contributed by atoms with Crippen LogP contribution in [0.5, 0.6) is 0 Å². The van der Waals surface area contributed by atoms with Crippen LogP contribution in [0.15, 0.2) is 17.4 Å². The third kappa shape index (κ3) is 2.82. The SMILES string of the molecule is CCCCCC=C=C1CC1(C(=O)OC)C(=O)OC. The van der Waals surface area contributed by atoms with Gasteiger partial charge in [0.25, 0.3) is 0 Å². The summed E-state index contributed by atoms with van der Waals surface area (Å²) in [5.41, 5.74) is 2.47. The zero-order chi connectivity index (χ0) is 13.6. The number of carbonyl (C=O) groups excluding carboxylic acids is 2. The van der Waals surface area contributed by atoms with Gasteiger partial charge in [-0.05, 0) is 18.9 Å². The van der Waals surface area contributed by atoms with E-state index >= 15 is 0 Å². The van der Waals surface area contributed by atoms with Crippen molar-refractivity contribution in [2.75, 3.05) is 14.2 Å². The van der Waals surface area contributed by atoms with E-state index in [0.29, 0.717) is 12.0 Å². The summed E-state index contributed by atoms with van der Waals surface area (Å²) in [6, 6.07) is 0. The Kier molecular flexibility index (Phi) is 5.17. The molecule has 0 N–H and O–H groups in total. The van der Waals surface area contributed by atoms with E-state index in [1.54, 1.807) is 0 Å². The molecule has 1 rings (SSSR count). The molecular weight excluding hydrogens is 232 g/mol. The molecule has 0 aromatic rings. The van der Waals surface area contributed by atoms with E-state index in [0.717, 1.165) is 12.8 Å². The Balaban J connectivity index is 2.72. The molecule has 1 saturated carbocycles. The lowest BCUT2D eigenvalue weighted by Gasteiger charge is -2.08. The van der Waals surface area contributed by atoms with Gasteiger partial charge in [-0.15, -0.1) is 5.73 Å². The third-order valence-corrected chi connectivity index (χ3v) is 3.13. The van der Waals surface area contributed by atoms with E-state index in [4.69, 9.17) is 0 Å². The fourth-order valence-corrected chi connectivity index (χ4v) is 1.91. The van der Waals surface area contributed by atoms with Crippen molar-refractivity contribution >= 4 is 11.9 Å². The van der Waals surface area contributed by atoms with Gasteiger partial charge < -0.3 is 9.47 Å². The molecule has 4 nitrogen and oxygen atoms in total. The molecule has 0 heterocycles. The molecule has 18 heavy (non-hydrogen) atoms. The lowest BCUT2D eigenvalue weighted by Crippen LogP contribution is -2.28. The van der Waals surface area contributed by atoms with Crippen LogP contribution in [-0.2, 0) is 19.1 Å². The van der Waals surface area contributed by atoms with E-state index in [1.165, 1.54) is 27.1 Å². The predicted molar refractivity (Wildman–Crippen MR) is 66.8 cm³/mol. The van der Waals surface area contributed by atoms with Crippen LogP contribution in [0.4, 0.5) is 0 Å². The highest BCUT2D eigenvalue weighted by Crippen LogP contribution is 2.53. The van der Waals surface area contributed by atoms with Gasteiger partial charge in [-0.3, -0.25) is 9.59 Å². The molecule has 0 atom stereocenters. The zero-order valence-electron chi connectivity index (χ0n) is 11.2. The average Bonchev–Trinajstić information content (AvgIpc) is 3.12. The number of methoxy groups -OCH3 is 2.